The number of carbonyl (C=O) groups excluding carboxylic acids is 1. The van der Waals surface area contributed by atoms with E-state index in [9.17, 15) is 4.79 Å². The van der Waals surface area contributed by atoms with Crippen LogP contribution in [0, 0.1) is 5.92 Å². The van der Waals surface area contributed by atoms with Crippen LogP contribution in [0.5, 0.6) is 0 Å². The second-order valence-electron chi connectivity index (χ2n) is 5.62. The molecular formula is C18H26O3. The van der Waals surface area contributed by atoms with Crippen molar-refractivity contribution in [3.05, 3.63) is 48.0 Å². The van der Waals surface area contributed by atoms with Crippen molar-refractivity contribution in [1.82, 2.24) is 0 Å². The first-order valence-electron chi connectivity index (χ1n) is 7.55. The molecule has 0 bridgehead atoms. The van der Waals surface area contributed by atoms with Gasteiger partial charge in [0, 0.05) is 0 Å². The van der Waals surface area contributed by atoms with Gasteiger partial charge in [-0.3, -0.25) is 0 Å². The molecule has 0 N–H and O–H groups in total. The minimum absolute atomic E-state index is 0.258. The Bertz CT molecular complexity index is 425. The predicted molar refractivity (Wildman–Crippen MR) is 85.0 cm³/mol. The molecule has 1 rings (SSSR count). The van der Waals surface area contributed by atoms with E-state index in [1.807, 2.05) is 30.3 Å². The summed E-state index contributed by atoms with van der Waals surface area (Å²) in [6, 6.07) is 9.58. The smallest absolute Gasteiger partial charge is 0.434 e. The minimum Gasteiger partial charge on any atom is -0.434 e. The highest BCUT2D eigenvalue weighted by molar-refractivity contribution is 5.59. The number of hydrogen-bond donors (Lipinski definition) is 0. The molecule has 3 nitrogen and oxygen atoms in total. The van der Waals surface area contributed by atoms with Crippen LogP contribution in [0.4, 0.5) is 4.79 Å². The third-order valence-corrected chi connectivity index (χ3v) is 3.33. The Labute approximate surface area is 128 Å². The van der Waals surface area contributed by atoms with Crippen molar-refractivity contribution in [3.63, 3.8) is 0 Å². The lowest BCUT2D eigenvalue weighted by Gasteiger charge is -2.11. The lowest BCUT2D eigenvalue weighted by Crippen LogP contribution is -2.10. The van der Waals surface area contributed by atoms with Crippen LogP contribution >= 0.6 is 0 Å². The van der Waals surface area contributed by atoms with Crippen LogP contribution < -0.4 is 0 Å². The molecule has 0 aliphatic rings. The normalized spacial score (nSPS) is 11.7. The molecule has 0 aromatic heterocycles. The summed E-state index contributed by atoms with van der Waals surface area (Å²) in [5, 5.41) is 0. The molecule has 0 spiro atoms. The van der Waals surface area contributed by atoms with E-state index < -0.39 is 6.16 Å². The second-order valence-corrected chi connectivity index (χ2v) is 5.62. The molecule has 0 saturated carbocycles. The fourth-order valence-corrected chi connectivity index (χ4v) is 2.00. The molecule has 3 heteroatoms. The average molecular weight is 290 g/mol. The molecule has 21 heavy (non-hydrogen) atoms. The Kier molecular flexibility index (Phi) is 8.25. The number of allylic oxidation sites excluding steroid dienone is 1. The molecule has 0 saturated heterocycles. The van der Waals surface area contributed by atoms with Gasteiger partial charge < -0.3 is 9.47 Å². The Morgan fingerprint density at radius 2 is 1.90 bits per heavy atom. The highest BCUT2D eigenvalue weighted by Crippen LogP contribution is 2.14. The highest BCUT2D eigenvalue weighted by Gasteiger charge is 2.07. The van der Waals surface area contributed by atoms with Crippen molar-refractivity contribution < 1.29 is 14.3 Å². The lowest BCUT2D eigenvalue weighted by atomic mass is 9.99. The van der Waals surface area contributed by atoms with Crippen LogP contribution in [-0.4, -0.2) is 12.8 Å². The van der Waals surface area contributed by atoms with Gasteiger partial charge >= 0.3 is 6.16 Å². The van der Waals surface area contributed by atoms with Crippen molar-refractivity contribution in [2.75, 3.05) is 6.61 Å². The van der Waals surface area contributed by atoms with Gasteiger partial charge in [0.2, 0.25) is 0 Å². The second kappa shape index (κ2) is 10.0. The first-order valence-corrected chi connectivity index (χ1v) is 7.55. The molecule has 0 amide bonds. The molecular weight excluding hydrogens is 264 g/mol. The van der Waals surface area contributed by atoms with Crippen LogP contribution in [0.15, 0.2) is 42.5 Å². The quantitative estimate of drug-likeness (QED) is 0.468. The number of rotatable bonds is 9. The van der Waals surface area contributed by atoms with Gasteiger partial charge in [0.1, 0.15) is 6.61 Å². The maximum absolute atomic E-state index is 11.4. The molecule has 0 fully saturated rings. The lowest BCUT2D eigenvalue weighted by molar-refractivity contribution is 0.0464. The van der Waals surface area contributed by atoms with Gasteiger partial charge in [-0.25, -0.2) is 4.79 Å². The standard InChI is InChI=1S/C18H26O3/c1-15(2)8-7-9-16(3)12-13-20-18(19)21-14-17-10-5-4-6-11-17/h4-6,10-11,16H,1,7-9,12-14H2,2-3H3. The molecule has 1 aromatic carbocycles. The molecule has 116 valence electrons. The van der Waals surface area contributed by atoms with E-state index in [2.05, 4.69) is 20.4 Å². The number of carbonyl (C=O) groups is 1. The van der Waals surface area contributed by atoms with E-state index in [4.69, 9.17) is 9.47 Å². The molecule has 0 aliphatic heterocycles. The Hall–Kier alpha value is -1.77. The topological polar surface area (TPSA) is 35.5 Å². The van der Waals surface area contributed by atoms with E-state index in [1.54, 1.807) is 0 Å². The highest BCUT2D eigenvalue weighted by atomic mass is 16.7. The SMILES string of the molecule is C=C(C)CCCC(C)CCOC(=O)OCc1ccccc1. The van der Waals surface area contributed by atoms with E-state index >= 15 is 0 Å². The van der Waals surface area contributed by atoms with Gasteiger partial charge in [0.05, 0.1) is 6.61 Å². The van der Waals surface area contributed by atoms with Crippen LogP contribution in [0.2, 0.25) is 0 Å². The largest absolute Gasteiger partial charge is 0.508 e. The number of benzene rings is 1. The van der Waals surface area contributed by atoms with Crippen LogP contribution in [0.1, 0.15) is 45.1 Å². The van der Waals surface area contributed by atoms with Gasteiger partial charge in [0.15, 0.2) is 0 Å². The monoisotopic (exact) mass is 290 g/mol. The van der Waals surface area contributed by atoms with Gasteiger partial charge in [-0.2, -0.15) is 0 Å². The first-order chi connectivity index (χ1) is 10.1. The van der Waals surface area contributed by atoms with Crippen molar-refractivity contribution in [2.24, 2.45) is 5.92 Å². The third-order valence-electron chi connectivity index (χ3n) is 3.33. The number of ether oxygens (including phenoxy) is 2. The van der Waals surface area contributed by atoms with E-state index in [0.717, 1.165) is 31.2 Å². The summed E-state index contributed by atoms with van der Waals surface area (Å²) in [6.07, 6.45) is 3.64. The van der Waals surface area contributed by atoms with Gasteiger partial charge in [-0.05, 0) is 37.7 Å². The van der Waals surface area contributed by atoms with Gasteiger partial charge in [-0.1, -0.05) is 49.2 Å². The summed E-state index contributed by atoms with van der Waals surface area (Å²) in [7, 11) is 0. The zero-order valence-electron chi connectivity index (χ0n) is 13.1. The van der Waals surface area contributed by atoms with E-state index in [0.29, 0.717) is 12.5 Å². The summed E-state index contributed by atoms with van der Waals surface area (Å²) < 4.78 is 10.1. The van der Waals surface area contributed by atoms with Gasteiger partial charge in [0.25, 0.3) is 0 Å². The maximum Gasteiger partial charge on any atom is 0.508 e. The van der Waals surface area contributed by atoms with Crippen LogP contribution in [0.3, 0.4) is 0 Å². The van der Waals surface area contributed by atoms with Crippen molar-refractivity contribution in [3.8, 4) is 0 Å². The van der Waals surface area contributed by atoms with Gasteiger partial charge in [-0.15, -0.1) is 6.58 Å². The predicted octanol–water partition coefficient (Wildman–Crippen LogP) is 5.11. The van der Waals surface area contributed by atoms with Crippen LogP contribution in [0.25, 0.3) is 0 Å². The molecule has 1 atom stereocenters. The van der Waals surface area contributed by atoms with Crippen molar-refractivity contribution in [1.29, 1.82) is 0 Å². The minimum atomic E-state index is -0.590. The Balaban J connectivity index is 2.06. The van der Waals surface area contributed by atoms with E-state index in [1.165, 1.54) is 5.57 Å². The zero-order chi connectivity index (χ0) is 15.5. The summed E-state index contributed by atoms with van der Waals surface area (Å²) in [4.78, 5) is 11.4. The summed E-state index contributed by atoms with van der Waals surface area (Å²) in [6.45, 7) is 8.80. The fourth-order valence-electron chi connectivity index (χ4n) is 2.00. The third kappa shape index (κ3) is 8.90. The molecule has 0 aliphatic carbocycles. The summed E-state index contributed by atoms with van der Waals surface area (Å²) >= 11 is 0. The van der Waals surface area contributed by atoms with E-state index in [-0.39, 0.29) is 6.61 Å². The molecule has 1 aromatic rings. The fraction of sp³-hybridized carbons (Fsp3) is 0.500. The first kappa shape index (κ1) is 17.3. The average Bonchev–Trinajstić information content (AvgIpc) is 2.46. The molecule has 0 heterocycles. The molecule has 0 radical (unpaired) electrons. The Morgan fingerprint density at radius 3 is 2.57 bits per heavy atom. The molecule has 1 unspecified atom stereocenters. The van der Waals surface area contributed by atoms with Crippen molar-refractivity contribution in [2.45, 2.75) is 46.1 Å². The Morgan fingerprint density at radius 1 is 1.19 bits per heavy atom. The zero-order valence-corrected chi connectivity index (χ0v) is 13.1. The summed E-state index contributed by atoms with van der Waals surface area (Å²) in [5.41, 5.74) is 2.19. The number of hydrogen-bond acceptors (Lipinski definition) is 3. The maximum atomic E-state index is 11.4. The van der Waals surface area contributed by atoms with Crippen LogP contribution in [-0.2, 0) is 16.1 Å². The van der Waals surface area contributed by atoms with Crippen molar-refractivity contribution >= 4 is 6.16 Å². The summed E-state index contributed by atoms with van der Waals surface area (Å²) in [5.74, 6) is 0.547.